The minimum Gasteiger partial charge on any atom is -0.365 e. The summed E-state index contributed by atoms with van der Waals surface area (Å²) in [5.41, 5.74) is 5.67. The number of primary amides is 1. The van der Waals surface area contributed by atoms with Crippen molar-refractivity contribution in [2.24, 2.45) is 5.73 Å². The Hall–Kier alpha value is -1.86. The molecule has 0 saturated heterocycles. The Labute approximate surface area is 115 Å². The standard InChI is InChI=1S/C12H12N2O3S2/c1-14(9-5-3-2-4-6-9)19(16,17)10-7-11(12(13)15)18-8-10/h2-8H,1H3,(H2,13,15). The molecule has 0 fully saturated rings. The maximum atomic E-state index is 12.3. The molecule has 1 amide bonds. The first-order chi connectivity index (χ1) is 8.93. The highest BCUT2D eigenvalue weighted by Crippen LogP contribution is 2.25. The molecule has 100 valence electrons. The molecule has 0 spiro atoms. The number of hydrogen-bond acceptors (Lipinski definition) is 4. The monoisotopic (exact) mass is 296 g/mol. The zero-order valence-corrected chi connectivity index (χ0v) is 11.7. The van der Waals surface area contributed by atoms with E-state index in [4.69, 9.17) is 5.73 Å². The van der Waals surface area contributed by atoms with Gasteiger partial charge in [0, 0.05) is 12.4 Å². The van der Waals surface area contributed by atoms with Crippen molar-refractivity contribution in [3.05, 3.63) is 46.7 Å². The summed E-state index contributed by atoms with van der Waals surface area (Å²) >= 11 is 1.02. The van der Waals surface area contributed by atoms with E-state index >= 15 is 0 Å². The van der Waals surface area contributed by atoms with Crippen LogP contribution in [0.4, 0.5) is 5.69 Å². The van der Waals surface area contributed by atoms with Crippen molar-refractivity contribution in [3.63, 3.8) is 0 Å². The predicted octanol–water partition coefficient (Wildman–Crippen LogP) is 1.67. The van der Waals surface area contributed by atoms with Crippen LogP contribution in [0.5, 0.6) is 0 Å². The van der Waals surface area contributed by atoms with Crippen molar-refractivity contribution in [2.75, 3.05) is 11.4 Å². The van der Waals surface area contributed by atoms with Crippen molar-refractivity contribution >= 4 is 33.0 Å². The van der Waals surface area contributed by atoms with E-state index in [-0.39, 0.29) is 9.77 Å². The average Bonchev–Trinajstić information content (AvgIpc) is 2.89. The van der Waals surface area contributed by atoms with E-state index in [1.165, 1.54) is 22.8 Å². The average molecular weight is 296 g/mol. The van der Waals surface area contributed by atoms with Crippen molar-refractivity contribution < 1.29 is 13.2 Å². The number of nitrogens with two attached hydrogens (primary N) is 1. The lowest BCUT2D eigenvalue weighted by molar-refractivity contribution is 0.100. The number of benzene rings is 1. The van der Waals surface area contributed by atoms with E-state index in [9.17, 15) is 13.2 Å². The highest BCUT2D eigenvalue weighted by Gasteiger charge is 2.23. The zero-order chi connectivity index (χ0) is 14.0. The fourth-order valence-corrected chi connectivity index (χ4v) is 3.83. The molecule has 0 unspecified atom stereocenters. The van der Waals surface area contributed by atoms with Crippen LogP contribution in [0.2, 0.25) is 0 Å². The Morgan fingerprint density at radius 1 is 1.26 bits per heavy atom. The molecule has 0 aliphatic carbocycles. The van der Waals surface area contributed by atoms with Gasteiger partial charge in [0.15, 0.2) is 0 Å². The summed E-state index contributed by atoms with van der Waals surface area (Å²) in [6.45, 7) is 0. The van der Waals surface area contributed by atoms with Crippen LogP contribution in [-0.2, 0) is 10.0 Å². The first kappa shape index (κ1) is 13.6. The molecule has 7 heteroatoms. The molecule has 1 aromatic heterocycles. The van der Waals surface area contributed by atoms with Crippen LogP contribution in [0.15, 0.2) is 46.7 Å². The highest BCUT2D eigenvalue weighted by molar-refractivity contribution is 7.93. The number of nitrogens with zero attached hydrogens (tertiary/aromatic N) is 1. The topological polar surface area (TPSA) is 80.5 Å². The number of hydrogen-bond donors (Lipinski definition) is 1. The van der Waals surface area contributed by atoms with Crippen molar-refractivity contribution in [3.8, 4) is 0 Å². The molecule has 2 aromatic rings. The molecule has 1 heterocycles. The largest absolute Gasteiger partial charge is 0.365 e. The van der Waals surface area contributed by atoms with Gasteiger partial charge >= 0.3 is 0 Å². The Morgan fingerprint density at radius 3 is 2.42 bits per heavy atom. The van der Waals surface area contributed by atoms with Gasteiger partial charge in [-0.25, -0.2) is 8.42 Å². The maximum absolute atomic E-state index is 12.3. The van der Waals surface area contributed by atoms with Crippen molar-refractivity contribution in [1.29, 1.82) is 0 Å². The number of amides is 1. The molecule has 0 aliphatic rings. The second kappa shape index (κ2) is 5.02. The Morgan fingerprint density at radius 2 is 1.89 bits per heavy atom. The molecule has 2 N–H and O–H groups in total. The number of carbonyl (C=O) groups excluding carboxylic acids is 1. The maximum Gasteiger partial charge on any atom is 0.264 e. The number of para-hydroxylation sites is 1. The summed E-state index contributed by atoms with van der Waals surface area (Å²) in [4.78, 5) is 11.3. The molecule has 19 heavy (non-hydrogen) atoms. The van der Waals surface area contributed by atoms with Crippen molar-refractivity contribution in [1.82, 2.24) is 0 Å². The molecule has 2 rings (SSSR count). The number of carbonyl (C=O) groups is 1. The fourth-order valence-electron chi connectivity index (χ4n) is 1.52. The Bertz CT molecular complexity index is 693. The summed E-state index contributed by atoms with van der Waals surface area (Å²) < 4.78 is 25.9. The summed E-state index contributed by atoms with van der Waals surface area (Å²) in [6, 6.07) is 9.99. The van der Waals surface area contributed by atoms with Gasteiger partial charge in [-0.1, -0.05) is 18.2 Å². The molecule has 1 aromatic carbocycles. The van der Waals surface area contributed by atoms with Crippen LogP contribution in [-0.4, -0.2) is 21.4 Å². The van der Waals surface area contributed by atoms with E-state index in [0.29, 0.717) is 5.69 Å². The third kappa shape index (κ3) is 2.61. The van der Waals surface area contributed by atoms with Gasteiger partial charge in [-0.15, -0.1) is 11.3 Å². The second-order valence-electron chi connectivity index (χ2n) is 3.82. The first-order valence-corrected chi connectivity index (χ1v) is 7.67. The van der Waals surface area contributed by atoms with Gasteiger partial charge in [-0.2, -0.15) is 0 Å². The molecule has 0 radical (unpaired) electrons. The van der Waals surface area contributed by atoms with E-state index in [1.807, 2.05) is 0 Å². The van der Waals surface area contributed by atoms with Crippen LogP contribution < -0.4 is 10.0 Å². The molecule has 0 aliphatic heterocycles. The van der Waals surface area contributed by atoms with E-state index < -0.39 is 15.9 Å². The van der Waals surface area contributed by atoms with Crippen molar-refractivity contribution in [2.45, 2.75) is 4.90 Å². The summed E-state index contributed by atoms with van der Waals surface area (Å²) in [7, 11) is -2.20. The zero-order valence-electron chi connectivity index (χ0n) is 10.1. The van der Waals surface area contributed by atoms with Gasteiger partial charge in [0.1, 0.15) is 0 Å². The highest BCUT2D eigenvalue weighted by atomic mass is 32.2. The van der Waals surface area contributed by atoms with Gasteiger partial charge < -0.3 is 5.73 Å². The fraction of sp³-hybridized carbons (Fsp3) is 0.0833. The van der Waals surface area contributed by atoms with Gasteiger partial charge in [-0.3, -0.25) is 9.10 Å². The number of anilines is 1. The van der Waals surface area contributed by atoms with Crippen LogP contribution in [0.1, 0.15) is 9.67 Å². The summed E-state index contributed by atoms with van der Waals surface area (Å²) in [5, 5.41) is 1.41. The van der Waals surface area contributed by atoms with Crippen LogP contribution in [0.3, 0.4) is 0 Å². The minimum absolute atomic E-state index is 0.0673. The van der Waals surface area contributed by atoms with Crippen LogP contribution >= 0.6 is 11.3 Å². The number of sulfonamides is 1. The van der Waals surface area contributed by atoms with Crippen LogP contribution in [0, 0.1) is 0 Å². The number of thiophene rings is 1. The third-order valence-corrected chi connectivity index (χ3v) is 5.45. The molecule has 0 bridgehead atoms. The Kier molecular flexibility index (Phi) is 3.59. The van der Waals surface area contributed by atoms with Crippen LogP contribution in [0.25, 0.3) is 0 Å². The molecule has 0 atom stereocenters. The first-order valence-electron chi connectivity index (χ1n) is 5.35. The quantitative estimate of drug-likeness (QED) is 0.932. The molecular formula is C12H12N2O3S2. The van der Waals surface area contributed by atoms with Gasteiger partial charge in [0.05, 0.1) is 15.5 Å². The van der Waals surface area contributed by atoms with Gasteiger partial charge in [0.25, 0.3) is 15.9 Å². The Balaban J connectivity index is 2.39. The number of rotatable bonds is 4. The summed E-state index contributed by atoms with van der Waals surface area (Å²) in [6.07, 6.45) is 0. The van der Waals surface area contributed by atoms with Gasteiger partial charge in [0.2, 0.25) is 0 Å². The van der Waals surface area contributed by atoms with E-state index in [1.54, 1.807) is 30.3 Å². The predicted molar refractivity (Wildman–Crippen MR) is 74.9 cm³/mol. The molecule has 5 nitrogen and oxygen atoms in total. The summed E-state index contributed by atoms with van der Waals surface area (Å²) in [5.74, 6) is -0.631. The van der Waals surface area contributed by atoms with E-state index in [0.717, 1.165) is 11.3 Å². The molecular weight excluding hydrogens is 284 g/mol. The minimum atomic E-state index is -3.67. The van der Waals surface area contributed by atoms with E-state index in [2.05, 4.69) is 0 Å². The lowest BCUT2D eigenvalue weighted by Crippen LogP contribution is -2.26. The molecule has 0 saturated carbocycles. The lowest BCUT2D eigenvalue weighted by atomic mass is 10.3. The lowest BCUT2D eigenvalue weighted by Gasteiger charge is -2.18. The smallest absolute Gasteiger partial charge is 0.264 e. The second-order valence-corrected chi connectivity index (χ2v) is 6.70. The third-order valence-electron chi connectivity index (χ3n) is 2.60. The normalized spacial score (nSPS) is 11.2. The van der Waals surface area contributed by atoms with Gasteiger partial charge in [-0.05, 0) is 18.2 Å². The SMILES string of the molecule is CN(c1ccccc1)S(=O)(=O)c1csc(C(N)=O)c1.